The first kappa shape index (κ1) is 17.8. The van der Waals surface area contributed by atoms with Crippen molar-refractivity contribution < 1.29 is 9.53 Å². The number of rotatable bonds is 6. The van der Waals surface area contributed by atoms with Crippen LogP contribution in [0, 0.1) is 6.92 Å². The van der Waals surface area contributed by atoms with E-state index < -0.39 is 0 Å². The summed E-state index contributed by atoms with van der Waals surface area (Å²) in [7, 11) is 0. The smallest absolute Gasteiger partial charge is 0.265 e. The van der Waals surface area contributed by atoms with E-state index in [2.05, 4.69) is 4.98 Å². The highest BCUT2D eigenvalue weighted by atomic mass is 16.5. The Morgan fingerprint density at radius 3 is 2.68 bits per heavy atom. The van der Waals surface area contributed by atoms with E-state index in [1.54, 1.807) is 11.1 Å². The van der Waals surface area contributed by atoms with Crippen molar-refractivity contribution >= 4 is 17.2 Å². The number of carbonyl (C=O) groups excluding carboxylic acids is 1. The molecular formula is C23H21N3O2. The van der Waals surface area contributed by atoms with E-state index in [1.165, 1.54) is 0 Å². The number of ether oxygens (including phenoxy) is 1. The van der Waals surface area contributed by atoms with E-state index in [1.807, 2.05) is 90.3 Å². The Morgan fingerprint density at radius 1 is 1.04 bits per heavy atom. The molecule has 0 fully saturated rings. The van der Waals surface area contributed by atoms with Crippen molar-refractivity contribution in [3.8, 4) is 5.75 Å². The number of aromatic nitrogens is 2. The molecule has 0 atom stereocenters. The normalized spacial score (nSPS) is 10.8. The van der Waals surface area contributed by atoms with Crippen LogP contribution in [0.3, 0.4) is 0 Å². The van der Waals surface area contributed by atoms with Crippen LogP contribution >= 0.6 is 0 Å². The van der Waals surface area contributed by atoms with Crippen molar-refractivity contribution in [3.05, 3.63) is 96.4 Å². The molecule has 0 saturated heterocycles. The highest BCUT2D eigenvalue weighted by Gasteiger charge is 2.18. The SMILES string of the molecule is Cc1cccc(OCC(=O)N(Cc2cnc3ccccn23)c2ccccc2)c1. The number of nitrogens with zero attached hydrogens (tertiary/aromatic N) is 3. The fourth-order valence-corrected chi connectivity index (χ4v) is 3.12. The van der Waals surface area contributed by atoms with Gasteiger partial charge in [0, 0.05) is 11.9 Å². The first-order chi connectivity index (χ1) is 13.7. The molecule has 2 heterocycles. The van der Waals surface area contributed by atoms with E-state index in [0.717, 1.165) is 22.6 Å². The summed E-state index contributed by atoms with van der Waals surface area (Å²) in [6, 6.07) is 23.2. The topological polar surface area (TPSA) is 46.8 Å². The van der Waals surface area contributed by atoms with Gasteiger partial charge in [-0.2, -0.15) is 0 Å². The third kappa shape index (κ3) is 3.88. The number of pyridine rings is 1. The van der Waals surface area contributed by atoms with Gasteiger partial charge in [0.15, 0.2) is 6.61 Å². The summed E-state index contributed by atoms with van der Waals surface area (Å²) < 4.78 is 7.73. The van der Waals surface area contributed by atoms with Crippen molar-refractivity contribution in [2.45, 2.75) is 13.5 Å². The van der Waals surface area contributed by atoms with Crippen molar-refractivity contribution in [3.63, 3.8) is 0 Å². The number of para-hydroxylation sites is 1. The van der Waals surface area contributed by atoms with E-state index in [0.29, 0.717) is 12.3 Å². The average Bonchev–Trinajstić information content (AvgIpc) is 3.14. The summed E-state index contributed by atoms with van der Waals surface area (Å²) in [5, 5.41) is 0. The molecule has 0 N–H and O–H groups in total. The zero-order valence-corrected chi connectivity index (χ0v) is 15.7. The van der Waals surface area contributed by atoms with Gasteiger partial charge in [0.1, 0.15) is 11.4 Å². The Kier molecular flexibility index (Phi) is 5.06. The van der Waals surface area contributed by atoms with Gasteiger partial charge in [-0.25, -0.2) is 4.98 Å². The number of imidazole rings is 1. The Morgan fingerprint density at radius 2 is 1.86 bits per heavy atom. The van der Waals surface area contributed by atoms with Crippen molar-refractivity contribution in [1.82, 2.24) is 9.38 Å². The third-order valence-corrected chi connectivity index (χ3v) is 4.53. The number of anilines is 1. The minimum absolute atomic E-state index is 0.0327. The maximum atomic E-state index is 13.0. The number of amides is 1. The Hall–Kier alpha value is -3.60. The Bertz CT molecular complexity index is 1090. The number of hydrogen-bond acceptors (Lipinski definition) is 3. The molecule has 0 aliphatic rings. The lowest BCUT2D eigenvalue weighted by Crippen LogP contribution is -2.34. The van der Waals surface area contributed by atoms with Crippen LogP contribution < -0.4 is 9.64 Å². The van der Waals surface area contributed by atoms with Gasteiger partial charge >= 0.3 is 0 Å². The number of carbonyl (C=O) groups is 1. The Labute approximate surface area is 163 Å². The zero-order valence-electron chi connectivity index (χ0n) is 15.7. The first-order valence-corrected chi connectivity index (χ1v) is 9.16. The molecule has 140 valence electrons. The van der Waals surface area contributed by atoms with Crippen LogP contribution in [0.5, 0.6) is 5.75 Å². The number of benzene rings is 2. The van der Waals surface area contributed by atoms with Gasteiger partial charge in [-0.05, 0) is 48.9 Å². The molecule has 0 radical (unpaired) electrons. The molecule has 0 unspecified atom stereocenters. The molecule has 4 rings (SSSR count). The minimum atomic E-state index is -0.112. The third-order valence-electron chi connectivity index (χ3n) is 4.53. The van der Waals surface area contributed by atoms with Gasteiger partial charge in [-0.3, -0.25) is 4.79 Å². The highest BCUT2D eigenvalue weighted by molar-refractivity contribution is 5.94. The first-order valence-electron chi connectivity index (χ1n) is 9.16. The van der Waals surface area contributed by atoms with Crippen LogP contribution in [0.15, 0.2) is 85.2 Å². The highest BCUT2D eigenvalue weighted by Crippen LogP contribution is 2.19. The van der Waals surface area contributed by atoms with E-state index in [-0.39, 0.29) is 12.5 Å². The second-order valence-electron chi connectivity index (χ2n) is 6.60. The van der Waals surface area contributed by atoms with Gasteiger partial charge in [0.25, 0.3) is 5.91 Å². The van der Waals surface area contributed by atoms with E-state index in [9.17, 15) is 4.79 Å². The standard InChI is InChI=1S/C23H21N3O2/c1-18-8-7-11-21(14-18)28-17-23(27)26(19-9-3-2-4-10-19)16-20-15-24-22-12-5-6-13-25(20)22/h2-15H,16-17H2,1H3. The summed E-state index contributed by atoms with van der Waals surface area (Å²) in [6.07, 6.45) is 3.76. The van der Waals surface area contributed by atoms with Gasteiger partial charge in [-0.1, -0.05) is 36.4 Å². The molecule has 0 saturated carbocycles. The minimum Gasteiger partial charge on any atom is -0.484 e. The summed E-state index contributed by atoms with van der Waals surface area (Å²) in [4.78, 5) is 19.2. The maximum Gasteiger partial charge on any atom is 0.265 e. The molecule has 0 aliphatic carbocycles. The molecule has 0 spiro atoms. The number of fused-ring (bicyclic) bond motifs is 1. The van der Waals surface area contributed by atoms with Crippen LogP contribution in [0.4, 0.5) is 5.69 Å². The molecule has 1 amide bonds. The second-order valence-corrected chi connectivity index (χ2v) is 6.60. The molecule has 2 aromatic heterocycles. The summed E-state index contributed by atoms with van der Waals surface area (Å²) in [6.45, 7) is 2.37. The Balaban J connectivity index is 1.57. The van der Waals surface area contributed by atoms with Crippen LogP contribution in [0.25, 0.3) is 5.65 Å². The van der Waals surface area contributed by atoms with Gasteiger partial charge in [-0.15, -0.1) is 0 Å². The van der Waals surface area contributed by atoms with Crippen LogP contribution in [-0.2, 0) is 11.3 Å². The van der Waals surface area contributed by atoms with Gasteiger partial charge in [0.2, 0.25) is 0 Å². The fraction of sp³-hybridized carbons (Fsp3) is 0.130. The predicted molar refractivity (Wildman–Crippen MR) is 109 cm³/mol. The summed E-state index contributed by atoms with van der Waals surface area (Å²) in [5.74, 6) is 0.578. The molecular weight excluding hydrogens is 350 g/mol. The van der Waals surface area contributed by atoms with Crippen LogP contribution in [-0.4, -0.2) is 21.9 Å². The van der Waals surface area contributed by atoms with E-state index in [4.69, 9.17) is 4.74 Å². The molecule has 0 bridgehead atoms. The second kappa shape index (κ2) is 7.96. The molecule has 0 aliphatic heterocycles. The number of aryl methyl sites for hydroxylation is 1. The van der Waals surface area contributed by atoms with Crippen LogP contribution in [0.2, 0.25) is 0 Å². The summed E-state index contributed by atoms with van der Waals surface area (Å²) in [5.41, 5.74) is 3.71. The lowest BCUT2D eigenvalue weighted by Gasteiger charge is -2.23. The predicted octanol–water partition coefficient (Wildman–Crippen LogP) is 4.25. The molecule has 28 heavy (non-hydrogen) atoms. The van der Waals surface area contributed by atoms with Crippen LogP contribution in [0.1, 0.15) is 11.3 Å². The largest absolute Gasteiger partial charge is 0.484 e. The lowest BCUT2D eigenvalue weighted by molar-refractivity contribution is -0.120. The quantitative estimate of drug-likeness (QED) is 0.509. The average molecular weight is 371 g/mol. The number of hydrogen-bond donors (Lipinski definition) is 0. The molecule has 5 heteroatoms. The van der Waals surface area contributed by atoms with E-state index >= 15 is 0 Å². The zero-order chi connectivity index (χ0) is 19.3. The monoisotopic (exact) mass is 371 g/mol. The lowest BCUT2D eigenvalue weighted by atomic mass is 10.2. The molecule has 5 nitrogen and oxygen atoms in total. The van der Waals surface area contributed by atoms with Crippen molar-refractivity contribution in [2.24, 2.45) is 0 Å². The molecule has 4 aromatic rings. The van der Waals surface area contributed by atoms with Crippen molar-refractivity contribution in [1.29, 1.82) is 0 Å². The van der Waals surface area contributed by atoms with Gasteiger partial charge in [0.05, 0.1) is 18.4 Å². The van der Waals surface area contributed by atoms with Crippen molar-refractivity contribution in [2.75, 3.05) is 11.5 Å². The van der Waals surface area contributed by atoms with Gasteiger partial charge < -0.3 is 14.0 Å². The summed E-state index contributed by atoms with van der Waals surface area (Å²) >= 11 is 0. The maximum absolute atomic E-state index is 13.0. The fourth-order valence-electron chi connectivity index (χ4n) is 3.12. The molecule has 2 aromatic carbocycles.